The molecule has 3 aromatic heterocycles. The van der Waals surface area contributed by atoms with E-state index < -0.39 is 11.2 Å². The molecule has 0 aliphatic heterocycles. The zero-order valence-corrected chi connectivity index (χ0v) is 13.5. The Kier molecular flexibility index (Phi) is 3.51. The summed E-state index contributed by atoms with van der Waals surface area (Å²) in [6, 6.07) is 12.9. The summed E-state index contributed by atoms with van der Waals surface area (Å²) < 4.78 is 13.2. The van der Waals surface area contributed by atoms with Crippen LogP contribution in [0, 0.1) is 0 Å². The minimum absolute atomic E-state index is 0.199. The minimum atomic E-state index is -1.33. The highest BCUT2D eigenvalue weighted by molar-refractivity contribution is 7.90. The van der Waals surface area contributed by atoms with Gasteiger partial charge in [0, 0.05) is 29.0 Å². The molecule has 1 unspecified atom stereocenters. The van der Waals surface area contributed by atoms with Crippen LogP contribution in [0.5, 0.6) is 0 Å². The van der Waals surface area contributed by atoms with Gasteiger partial charge in [-0.2, -0.15) is 9.97 Å². The van der Waals surface area contributed by atoms with Gasteiger partial charge in [-0.3, -0.25) is 9.36 Å². The molecular weight excluding hydrogens is 324 g/mol. The van der Waals surface area contributed by atoms with E-state index in [-0.39, 0.29) is 10.7 Å². The van der Waals surface area contributed by atoms with Crippen molar-refractivity contribution < 1.29 is 4.55 Å². The van der Waals surface area contributed by atoms with Gasteiger partial charge in [0.15, 0.2) is 0 Å². The Morgan fingerprint density at radius 3 is 2.58 bits per heavy atom. The second kappa shape index (κ2) is 5.70. The SMILES string of the molecule is C[S+]([O-])c1ncc2c(=O)n(-c3ccccc3)c3ncccc3c2n1. The predicted molar refractivity (Wildman–Crippen MR) is 92.8 cm³/mol. The number of nitrogens with zero attached hydrogens (tertiary/aromatic N) is 4. The number of benzene rings is 1. The van der Waals surface area contributed by atoms with E-state index in [1.165, 1.54) is 12.5 Å². The summed E-state index contributed by atoms with van der Waals surface area (Å²) >= 11 is -1.33. The number of rotatable bonds is 2. The first-order valence-corrected chi connectivity index (χ1v) is 8.78. The number of fused-ring (bicyclic) bond motifs is 3. The third kappa shape index (κ3) is 2.26. The summed E-state index contributed by atoms with van der Waals surface area (Å²) in [4.78, 5) is 25.8. The van der Waals surface area contributed by atoms with Gasteiger partial charge < -0.3 is 4.55 Å². The monoisotopic (exact) mass is 336 g/mol. The van der Waals surface area contributed by atoms with E-state index in [4.69, 9.17) is 0 Å². The molecule has 0 aliphatic rings. The molecule has 0 amide bonds. The fraction of sp³-hybridized carbons (Fsp3) is 0.0588. The third-order valence-electron chi connectivity index (χ3n) is 3.73. The van der Waals surface area contributed by atoms with E-state index in [2.05, 4.69) is 15.0 Å². The Hall–Kier alpha value is -2.77. The predicted octanol–water partition coefficient (Wildman–Crippen LogP) is 2.07. The number of hydrogen-bond donors (Lipinski definition) is 0. The zero-order valence-electron chi connectivity index (χ0n) is 12.7. The quantitative estimate of drug-likeness (QED) is 0.318. The van der Waals surface area contributed by atoms with E-state index in [0.717, 1.165) is 5.69 Å². The Balaban J connectivity index is 2.20. The van der Waals surface area contributed by atoms with Crippen LogP contribution in [0.2, 0.25) is 0 Å². The molecule has 4 aromatic rings. The molecule has 4 rings (SSSR count). The smallest absolute Gasteiger partial charge is 0.342 e. The van der Waals surface area contributed by atoms with Crippen LogP contribution in [0.4, 0.5) is 0 Å². The average Bonchev–Trinajstić information content (AvgIpc) is 2.62. The molecule has 3 heterocycles. The van der Waals surface area contributed by atoms with Gasteiger partial charge in [0.25, 0.3) is 5.56 Å². The van der Waals surface area contributed by atoms with E-state index in [0.29, 0.717) is 21.9 Å². The lowest BCUT2D eigenvalue weighted by Crippen LogP contribution is -2.21. The molecule has 0 aliphatic carbocycles. The number of hydrogen-bond acceptors (Lipinski definition) is 5. The van der Waals surface area contributed by atoms with Crippen LogP contribution in [-0.2, 0) is 11.2 Å². The topological polar surface area (TPSA) is 83.7 Å². The van der Waals surface area contributed by atoms with Crippen molar-refractivity contribution in [2.24, 2.45) is 0 Å². The Bertz CT molecular complexity index is 1110. The summed E-state index contributed by atoms with van der Waals surface area (Å²) in [5, 5.41) is 1.28. The molecule has 1 atom stereocenters. The van der Waals surface area contributed by atoms with Crippen molar-refractivity contribution in [1.82, 2.24) is 19.5 Å². The Labute approximate surface area is 140 Å². The first kappa shape index (κ1) is 14.8. The highest BCUT2D eigenvalue weighted by atomic mass is 32.2. The summed E-state index contributed by atoms with van der Waals surface area (Å²) in [6.45, 7) is 0. The molecule has 7 heteroatoms. The maximum atomic E-state index is 13.0. The first-order chi connectivity index (χ1) is 11.7. The summed E-state index contributed by atoms with van der Waals surface area (Å²) in [5.74, 6) is 0. The van der Waals surface area contributed by atoms with E-state index in [1.807, 2.05) is 36.4 Å². The molecule has 0 radical (unpaired) electrons. The lowest BCUT2D eigenvalue weighted by Gasteiger charge is -2.12. The van der Waals surface area contributed by atoms with Gasteiger partial charge in [-0.15, -0.1) is 0 Å². The standard InChI is InChI=1S/C17H12N4O2S/c1-24(23)17-19-10-13-14(20-17)12-8-5-9-18-15(12)21(16(13)22)11-6-3-2-4-7-11/h2-10H,1H3. The van der Waals surface area contributed by atoms with Crippen LogP contribution in [0.15, 0.2) is 64.8 Å². The second-order valence-corrected chi connectivity index (χ2v) is 6.49. The van der Waals surface area contributed by atoms with Gasteiger partial charge in [-0.25, -0.2) is 4.98 Å². The highest BCUT2D eigenvalue weighted by Crippen LogP contribution is 2.22. The maximum Gasteiger partial charge on any atom is 0.342 e. The van der Waals surface area contributed by atoms with Crippen molar-refractivity contribution in [2.75, 3.05) is 6.26 Å². The molecule has 6 nitrogen and oxygen atoms in total. The van der Waals surface area contributed by atoms with Crippen molar-refractivity contribution >= 4 is 33.1 Å². The van der Waals surface area contributed by atoms with Crippen molar-refractivity contribution in [3.8, 4) is 5.69 Å². The molecule has 0 saturated heterocycles. The van der Waals surface area contributed by atoms with Gasteiger partial charge in [0.1, 0.15) is 11.9 Å². The molecule has 24 heavy (non-hydrogen) atoms. The molecule has 0 bridgehead atoms. The van der Waals surface area contributed by atoms with Crippen LogP contribution in [0.3, 0.4) is 0 Å². The van der Waals surface area contributed by atoms with Crippen molar-refractivity contribution in [3.05, 3.63) is 65.2 Å². The van der Waals surface area contributed by atoms with Crippen LogP contribution in [-0.4, -0.2) is 30.3 Å². The third-order valence-corrected chi connectivity index (χ3v) is 4.44. The number of pyridine rings is 2. The second-order valence-electron chi connectivity index (χ2n) is 5.22. The van der Waals surface area contributed by atoms with Gasteiger partial charge in [-0.05, 0) is 24.3 Å². The van der Waals surface area contributed by atoms with Crippen LogP contribution in [0.25, 0.3) is 27.6 Å². The fourth-order valence-electron chi connectivity index (χ4n) is 2.66. The zero-order chi connectivity index (χ0) is 16.7. The fourth-order valence-corrected chi connectivity index (χ4v) is 3.08. The van der Waals surface area contributed by atoms with Crippen molar-refractivity contribution in [2.45, 2.75) is 5.16 Å². The summed E-state index contributed by atoms with van der Waals surface area (Å²) in [7, 11) is 0. The van der Waals surface area contributed by atoms with Gasteiger partial charge >= 0.3 is 5.16 Å². The summed E-state index contributed by atoms with van der Waals surface area (Å²) in [6.07, 6.45) is 4.58. The molecule has 1 aromatic carbocycles. The molecule has 118 valence electrons. The lowest BCUT2D eigenvalue weighted by atomic mass is 10.2. The average molecular weight is 336 g/mol. The largest absolute Gasteiger partial charge is 0.609 e. The molecule has 0 spiro atoms. The van der Waals surface area contributed by atoms with Crippen molar-refractivity contribution in [1.29, 1.82) is 0 Å². The maximum absolute atomic E-state index is 13.0. The lowest BCUT2D eigenvalue weighted by molar-refractivity contribution is 0.593. The molecular formula is C17H12N4O2S. The number of para-hydroxylation sites is 1. The number of aromatic nitrogens is 4. The first-order valence-electron chi connectivity index (χ1n) is 7.22. The highest BCUT2D eigenvalue weighted by Gasteiger charge is 2.17. The Morgan fingerprint density at radius 2 is 1.83 bits per heavy atom. The van der Waals surface area contributed by atoms with Gasteiger partial charge in [-0.1, -0.05) is 18.2 Å². The van der Waals surface area contributed by atoms with Gasteiger partial charge in [0.05, 0.1) is 16.6 Å². The van der Waals surface area contributed by atoms with E-state index in [9.17, 15) is 9.35 Å². The Morgan fingerprint density at radius 1 is 1.04 bits per heavy atom. The molecule has 0 N–H and O–H groups in total. The van der Waals surface area contributed by atoms with Crippen LogP contribution >= 0.6 is 0 Å². The molecule has 0 saturated carbocycles. The molecule has 0 fully saturated rings. The van der Waals surface area contributed by atoms with Crippen molar-refractivity contribution in [3.63, 3.8) is 0 Å². The van der Waals surface area contributed by atoms with Crippen LogP contribution in [0.1, 0.15) is 0 Å². The van der Waals surface area contributed by atoms with Crippen LogP contribution < -0.4 is 5.56 Å². The van der Waals surface area contributed by atoms with Gasteiger partial charge in [0.2, 0.25) is 0 Å². The summed E-state index contributed by atoms with van der Waals surface area (Å²) in [5.41, 5.74) is 1.44. The minimum Gasteiger partial charge on any atom is -0.609 e. The van der Waals surface area contributed by atoms with E-state index >= 15 is 0 Å². The van der Waals surface area contributed by atoms with E-state index in [1.54, 1.807) is 16.8 Å². The normalized spacial score (nSPS) is 12.6.